The molecule has 0 radical (unpaired) electrons. The van der Waals surface area contributed by atoms with Gasteiger partial charge in [-0.3, -0.25) is 0 Å². The Labute approximate surface area is 247 Å². The largest absolute Gasteiger partial charge is 1.00 e. The summed E-state index contributed by atoms with van der Waals surface area (Å²) >= 11 is 0. The van der Waals surface area contributed by atoms with E-state index in [2.05, 4.69) is 0 Å². The van der Waals surface area contributed by atoms with Gasteiger partial charge in [-0.1, -0.05) is 15.2 Å². The van der Waals surface area contributed by atoms with Crippen molar-refractivity contribution in [1.29, 1.82) is 0 Å². The van der Waals surface area contributed by atoms with Crippen LogP contribution in [0.15, 0.2) is 0 Å². The average Bonchev–Trinajstić information content (AvgIpc) is 1.14. The van der Waals surface area contributed by atoms with E-state index in [1.165, 1.54) is 0 Å². The zero-order chi connectivity index (χ0) is 7.71. The second-order valence-corrected chi connectivity index (χ2v) is 4.94. The van der Waals surface area contributed by atoms with E-state index >= 15 is 0 Å². The van der Waals surface area contributed by atoms with Crippen LogP contribution in [0.1, 0.15) is 0 Å². The molecule has 0 rings (SSSR count). The molecule has 0 N–H and O–H groups in total. The first-order chi connectivity index (χ1) is 3.71. The molecular weight excluding hydrogens is 326 g/mol. The van der Waals surface area contributed by atoms with E-state index in [9.17, 15) is 28.7 Å². The molecule has 0 aromatic rings. The molecule has 0 saturated carbocycles. The molecule has 0 aromatic carbocycles. The van der Waals surface area contributed by atoms with Gasteiger partial charge in [0.05, 0.1) is 0 Å². The fourth-order valence-corrected chi connectivity index (χ4v) is 1.91. The minimum absolute atomic E-state index is 0. The SMILES string of the molecule is O=P([O-])([O-])CP(=O)([O-])[O-].[K+].[K+].[K+].[K+]. The van der Waals surface area contributed by atoms with Crippen LogP contribution in [0.3, 0.4) is 0 Å². The third kappa shape index (κ3) is 32.4. The molecule has 0 spiro atoms. The van der Waals surface area contributed by atoms with Crippen molar-refractivity contribution in [3.63, 3.8) is 0 Å². The van der Waals surface area contributed by atoms with Gasteiger partial charge >= 0.3 is 206 Å². The van der Waals surface area contributed by atoms with Gasteiger partial charge in [0.25, 0.3) is 0 Å². The van der Waals surface area contributed by atoms with Gasteiger partial charge in [-0.2, -0.15) is 0 Å². The minimum Gasteiger partial charge on any atom is -0.810 e. The van der Waals surface area contributed by atoms with Gasteiger partial charge in [0.2, 0.25) is 0 Å². The van der Waals surface area contributed by atoms with Crippen LogP contribution in [-0.2, 0) is 9.13 Å². The van der Waals surface area contributed by atoms with E-state index in [1.54, 1.807) is 0 Å². The van der Waals surface area contributed by atoms with E-state index in [4.69, 9.17) is 0 Å². The molecular formula is CH2K4O6P2. The van der Waals surface area contributed by atoms with Gasteiger partial charge in [0.1, 0.15) is 0 Å². The zero-order valence-corrected chi connectivity index (χ0v) is 22.3. The Bertz CT molecular complexity index is 163. The number of hydrogen-bond donors (Lipinski definition) is 0. The van der Waals surface area contributed by atoms with Gasteiger partial charge in [-0.15, -0.1) is 0 Å². The summed E-state index contributed by atoms with van der Waals surface area (Å²) in [5.74, 6) is -1.82. The Kier molecular flexibility index (Phi) is 37.5. The van der Waals surface area contributed by atoms with Crippen molar-refractivity contribution in [3.8, 4) is 0 Å². The van der Waals surface area contributed by atoms with Crippen molar-refractivity contribution < 1.29 is 234 Å². The molecule has 0 unspecified atom stereocenters. The maximum Gasteiger partial charge on any atom is 1.00 e. The summed E-state index contributed by atoms with van der Waals surface area (Å²) in [5, 5.41) is 0. The fourth-order valence-electron chi connectivity index (χ4n) is 0.212. The minimum atomic E-state index is -5.18. The molecule has 0 atom stereocenters. The van der Waals surface area contributed by atoms with Gasteiger partial charge in [0.15, 0.2) is 0 Å². The summed E-state index contributed by atoms with van der Waals surface area (Å²) in [6.07, 6.45) is 0. The summed E-state index contributed by atoms with van der Waals surface area (Å²) < 4.78 is 19.1. The van der Waals surface area contributed by atoms with E-state index < -0.39 is 21.1 Å². The van der Waals surface area contributed by atoms with Gasteiger partial charge < -0.3 is 28.7 Å². The van der Waals surface area contributed by atoms with Crippen molar-refractivity contribution in [2.75, 3.05) is 5.90 Å². The molecule has 0 aliphatic heterocycles. The van der Waals surface area contributed by atoms with Crippen molar-refractivity contribution in [3.05, 3.63) is 0 Å². The molecule has 0 aromatic heterocycles. The Morgan fingerprint density at radius 1 is 0.692 bits per heavy atom. The standard InChI is InChI=1S/CH6O6P2.4K/c2-8(3,4)1-9(5,6)7;;;;/h1H2,(H2,2,3,4)(H2,5,6,7);;;;/q;4*+1/p-4. The number of hydrogen-bond acceptors (Lipinski definition) is 6. The summed E-state index contributed by atoms with van der Waals surface area (Å²) in [7, 11) is -10.4. The third-order valence-electron chi connectivity index (χ3n) is 0.346. The number of rotatable bonds is 2. The maximum atomic E-state index is 9.55. The van der Waals surface area contributed by atoms with Crippen LogP contribution in [-0.4, -0.2) is 5.90 Å². The first-order valence-corrected chi connectivity index (χ1v) is 5.18. The third-order valence-corrected chi connectivity index (χ3v) is 3.12. The van der Waals surface area contributed by atoms with Crippen LogP contribution >= 0.6 is 15.2 Å². The van der Waals surface area contributed by atoms with Crippen LogP contribution in [0, 0.1) is 0 Å². The molecule has 12 heteroatoms. The maximum absolute atomic E-state index is 9.55. The Morgan fingerprint density at radius 2 is 0.846 bits per heavy atom. The van der Waals surface area contributed by atoms with E-state index in [-0.39, 0.29) is 206 Å². The fraction of sp³-hybridized carbons (Fsp3) is 1.00. The molecule has 13 heavy (non-hydrogen) atoms. The van der Waals surface area contributed by atoms with Crippen molar-refractivity contribution in [2.24, 2.45) is 0 Å². The van der Waals surface area contributed by atoms with Gasteiger partial charge in [-0.05, 0) is 0 Å². The second kappa shape index (κ2) is 15.2. The van der Waals surface area contributed by atoms with E-state index in [0.717, 1.165) is 0 Å². The van der Waals surface area contributed by atoms with Crippen molar-refractivity contribution in [2.45, 2.75) is 0 Å². The Morgan fingerprint density at radius 3 is 0.846 bits per heavy atom. The van der Waals surface area contributed by atoms with Crippen LogP contribution in [0.25, 0.3) is 0 Å². The molecule has 0 saturated heterocycles. The van der Waals surface area contributed by atoms with E-state index in [0.29, 0.717) is 0 Å². The first-order valence-electron chi connectivity index (χ1n) is 1.73. The van der Waals surface area contributed by atoms with Crippen LogP contribution in [0.4, 0.5) is 0 Å². The van der Waals surface area contributed by atoms with Crippen LogP contribution in [0.5, 0.6) is 0 Å². The topological polar surface area (TPSA) is 126 Å². The smallest absolute Gasteiger partial charge is 0.810 e. The molecule has 0 fully saturated rings. The van der Waals surface area contributed by atoms with Crippen molar-refractivity contribution in [1.82, 2.24) is 0 Å². The summed E-state index contributed by atoms with van der Waals surface area (Å²) in [5.41, 5.74) is 0. The Balaban J connectivity index is -0.0000000533. The predicted molar refractivity (Wildman–Crippen MR) is 20.1 cm³/mol. The molecule has 0 amide bonds. The van der Waals surface area contributed by atoms with E-state index in [1.807, 2.05) is 0 Å². The Hall–Kier alpha value is 6.85. The van der Waals surface area contributed by atoms with Gasteiger partial charge in [0, 0.05) is 5.90 Å². The molecule has 56 valence electrons. The first kappa shape index (κ1) is 32.0. The molecule has 0 heterocycles. The second-order valence-electron chi connectivity index (χ2n) is 1.36. The normalized spacial score (nSPS) is 9.54. The quantitative estimate of drug-likeness (QED) is 0.366. The summed E-state index contributed by atoms with van der Waals surface area (Å²) in [6.45, 7) is 0. The molecule has 0 bridgehead atoms. The van der Waals surface area contributed by atoms with Gasteiger partial charge in [-0.25, -0.2) is 0 Å². The monoisotopic (exact) mass is 328 g/mol. The van der Waals surface area contributed by atoms with Crippen LogP contribution < -0.4 is 225 Å². The zero-order valence-electron chi connectivity index (χ0n) is 8.05. The molecule has 0 aliphatic carbocycles. The molecule has 6 nitrogen and oxygen atoms in total. The van der Waals surface area contributed by atoms with Crippen LogP contribution in [0.2, 0.25) is 0 Å². The summed E-state index contributed by atoms with van der Waals surface area (Å²) in [4.78, 5) is 38.2. The molecule has 0 aliphatic rings. The summed E-state index contributed by atoms with van der Waals surface area (Å²) in [6, 6.07) is 0. The predicted octanol–water partition coefficient (Wildman–Crippen LogP) is -15.2. The van der Waals surface area contributed by atoms with Crippen molar-refractivity contribution >= 4 is 15.2 Å². The average molecular weight is 328 g/mol.